The highest BCUT2D eigenvalue weighted by Gasteiger charge is 2.27. The van der Waals surface area contributed by atoms with Crippen molar-refractivity contribution < 1.29 is 14.6 Å². The van der Waals surface area contributed by atoms with Crippen LogP contribution >= 0.6 is 0 Å². The number of rotatable bonds is 3. The zero-order chi connectivity index (χ0) is 20.0. The molecule has 1 heterocycles. The van der Waals surface area contributed by atoms with Crippen LogP contribution in [0.15, 0.2) is 36.4 Å². The van der Waals surface area contributed by atoms with Crippen LogP contribution in [0.5, 0.6) is 17.2 Å². The number of phenolic OH excluding ortho intramolecular Hbond substituents is 1. The number of aryl methyl sites for hydroxylation is 1. The van der Waals surface area contributed by atoms with Gasteiger partial charge in [-0.3, -0.25) is 0 Å². The van der Waals surface area contributed by atoms with Gasteiger partial charge in [0.25, 0.3) is 0 Å². The molecule has 146 valence electrons. The molecule has 0 aliphatic carbocycles. The molecule has 0 spiro atoms. The highest BCUT2D eigenvalue weighted by atomic mass is 16.5. The molecule has 0 bridgehead atoms. The summed E-state index contributed by atoms with van der Waals surface area (Å²) in [7, 11) is 3.37. The van der Waals surface area contributed by atoms with Crippen LogP contribution in [0.25, 0.3) is 21.9 Å². The fourth-order valence-corrected chi connectivity index (χ4v) is 4.69. The molecular weight excluding hydrogens is 350 g/mol. The first kappa shape index (κ1) is 18.6. The van der Waals surface area contributed by atoms with Crippen LogP contribution in [0.2, 0.25) is 0 Å². The van der Waals surface area contributed by atoms with Gasteiger partial charge in [0.05, 0.1) is 19.6 Å². The Morgan fingerprint density at radius 1 is 1.07 bits per heavy atom. The molecule has 3 aromatic carbocycles. The molecule has 4 rings (SSSR count). The second-order valence-electron chi connectivity index (χ2n) is 7.68. The molecule has 0 amide bonds. The van der Waals surface area contributed by atoms with Gasteiger partial charge in [-0.2, -0.15) is 0 Å². The van der Waals surface area contributed by atoms with Crippen molar-refractivity contribution in [1.29, 1.82) is 0 Å². The second kappa shape index (κ2) is 7.02. The number of nitrogens with one attached hydrogen (secondary N) is 1. The summed E-state index contributed by atoms with van der Waals surface area (Å²) in [5, 5.41) is 15.8. The highest BCUT2D eigenvalue weighted by molar-refractivity contribution is 6.05. The van der Waals surface area contributed by atoms with Crippen molar-refractivity contribution in [3.8, 4) is 28.4 Å². The van der Waals surface area contributed by atoms with Gasteiger partial charge >= 0.3 is 0 Å². The molecular formula is C24H27NO3. The molecule has 0 saturated carbocycles. The summed E-state index contributed by atoms with van der Waals surface area (Å²) in [6, 6.07) is 12.6. The Kier molecular flexibility index (Phi) is 4.68. The summed E-state index contributed by atoms with van der Waals surface area (Å²) in [6.45, 7) is 6.47. The number of benzene rings is 3. The number of phenols is 1. The normalized spacial score (nSPS) is 18.8. The van der Waals surface area contributed by atoms with Crippen LogP contribution in [0.1, 0.15) is 36.6 Å². The molecule has 28 heavy (non-hydrogen) atoms. The second-order valence-corrected chi connectivity index (χ2v) is 7.68. The van der Waals surface area contributed by atoms with Gasteiger partial charge in [0.1, 0.15) is 17.2 Å². The SMILES string of the molecule is COc1c(-c2c(C)cc(OC)c3c(O)cccc23)ccc2c1C(C)NC(C)C2. The van der Waals surface area contributed by atoms with Crippen molar-refractivity contribution >= 4 is 10.8 Å². The monoisotopic (exact) mass is 377 g/mol. The smallest absolute Gasteiger partial charge is 0.131 e. The van der Waals surface area contributed by atoms with Crippen molar-refractivity contribution in [3.63, 3.8) is 0 Å². The van der Waals surface area contributed by atoms with Gasteiger partial charge in [0.15, 0.2) is 0 Å². The van der Waals surface area contributed by atoms with E-state index >= 15 is 0 Å². The Labute approximate surface area is 166 Å². The fraction of sp³-hybridized carbons (Fsp3) is 0.333. The van der Waals surface area contributed by atoms with Crippen LogP contribution in [0.4, 0.5) is 0 Å². The van der Waals surface area contributed by atoms with Crippen LogP contribution in [0.3, 0.4) is 0 Å². The largest absolute Gasteiger partial charge is 0.507 e. The van der Waals surface area contributed by atoms with E-state index in [0.29, 0.717) is 11.8 Å². The number of methoxy groups -OCH3 is 2. The topological polar surface area (TPSA) is 50.7 Å². The maximum absolute atomic E-state index is 10.5. The zero-order valence-corrected chi connectivity index (χ0v) is 17.1. The molecule has 1 aliphatic rings. The lowest BCUT2D eigenvalue weighted by atomic mass is 9.85. The molecule has 0 saturated heterocycles. The number of hydrogen-bond donors (Lipinski definition) is 2. The van der Waals surface area contributed by atoms with E-state index in [0.717, 1.165) is 39.6 Å². The Bertz CT molecular complexity index is 1060. The summed E-state index contributed by atoms with van der Waals surface area (Å²) in [5.41, 5.74) is 5.75. The predicted octanol–water partition coefficient (Wildman–Crippen LogP) is 5.13. The van der Waals surface area contributed by atoms with E-state index < -0.39 is 0 Å². The molecule has 4 heteroatoms. The van der Waals surface area contributed by atoms with Crippen LogP contribution < -0.4 is 14.8 Å². The number of hydrogen-bond acceptors (Lipinski definition) is 4. The first-order valence-electron chi connectivity index (χ1n) is 9.71. The summed E-state index contributed by atoms with van der Waals surface area (Å²) >= 11 is 0. The Hall–Kier alpha value is -2.72. The Morgan fingerprint density at radius 2 is 1.86 bits per heavy atom. The van der Waals surface area contributed by atoms with Gasteiger partial charge in [0, 0.05) is 23.2 Å². The maximum Gasteiger partial charge on any atom is 0.131 e. The summed E-state index contributed by atoms with van der Waals surface area (Å²) in [5.74, 6) is 1.80. The fourth-order valence-electron chi connectivity index (χ4n) is 4.69. The van der Waals surface area contributed by atoms with Gasteiger partial charge in [-0.15, -0.1) is 0 Å². The maximum atomic E-state index is 10.5. The van der Waals surface area contributed by atoms with Crippen molar-refractivity contribution in [2.24, 2.45) is 0 Å². The van der Waals surface area contributed by atoms with E-state index in [1.807, 2.05) is 18.2 Å². The third-order valence-corrected chi connectivity index (χ3v) is 5.77. The molecule has 0 aromatic heterocycles. The van der Waals surface area contributed by atoms with Crippen LogP contribution in [0, 0.1) is 6.92 Å². The minimum Gasteiger partial charge on any atom is -0.507 e. The average Bonchev–Trinajstić information content (AvgIpc) is 2.66. The molecule has 2 unspecified atom stereocenters. The first-order chi connectivity index (χ1) is 13.5. The quantitative estimate of drug-likeness (QED) is 0.664. The van der Waals surface area contributed by atoms with Crippen molar-refractivity contribution in [1.82, 2.24) is 5.32 Å². The predicted molar refractivity (Wildman–Crippen MR) is 114 cm³/mol. The Balaban J connectivity index is 2.06. The lowest BCUT2D eigenvalue weighted by Crippen LogP contribution is -2.36. The van der Waals surface area contributed by atoms with E-state index in [1.54, 1.807) is 20.3 Å². The third-order valence-electron chi connectivity index (χ3n) is 5.77. The lowest BCUT2D eigenvalue weighted by molar-refractivity contribution is 0.383. The van der Waals surface area contributed by atoms with Crippen LogP contribution in [-0.2, 0) is 6.42 Å². The van der Waals surface area contributed by atoms with Crippen LogP contribution in [-0.4, -0.2) is 25.4 Å². The van der Waals surface area contributed by atoms with Gasteiger partial charge in [-0.1, -0.05) is 24.3 Å². The van der Waals surface area contributed by atoms with E-state index in [2.05, 4.69) is 38.2 Å². The summed E-state index contributed by atoms with van der Waals surface area (Å²) in [6.07, 6.45) is 0.986. The number of aromatic hydroxyl groups is 1. The van der Waals surface area contributed by atoms with Crippen molar-refractivity contribution in [2.45, 2.75) is 39.3 Å². The van der Waals surface area contributed by atoms with Crippen molar-refractivity contribution in [3.05, 3.63) is 53.1 Å². The molecule has 2 atom stereocenters. The molecule has 0 fully saturated rings. The molecule has 4 nitrogen and oxygen atoms in total. The summed E-state index contributed by atoms with van der Waals surface area (Å²) in [4.78, 5) is 0. The molecule has 2 N–H and O–H groups in total. The Morgan fingerprint density at radius 3 is 2.57 bits per heavy atom. The minimum atomic E-state index is 0.215. The van der Waals surface area contributed by atoms with Gasteiger partial charge in [0.2, 0.25) is 0 Å². The highest BCUT2D eigenvalue weighted by Crippen LogP contribution is 2.47. The van der Waals surface area contributed by atoms with Gasteiger partial charge in [-0.05, 0) is 61.4 Å². The lowest BCUT2D eigenvalue weighted by Gasteiger charge is -2.32. The van der Waals surface area contributed by atoms with E-state index in [4.69, 9.17) is 9.47 Å². The first-order valence-corrected chi connectivity index (χ1v) is 9.71. The standard InChI is InChI=1S/C24H27NO3/c1-13-11-20(27-4)23-17(7-6-8-19(23)26)21(13)18-10-9-16-12-14(2)25-15(3)22(16)24(18)28-5/h6-11,14-15,25-26H,12H2,1-5H3. The third kappa shape index (κ3) is 2.80. The number of ether oxygens (including phenoxy) is 2. The average molecular weight is 377 g/mol. The van der Waals surface area contributed by atoms with Crippen molar-refractivity contribution in [2.75, 3.05) is 14.2 Å². The number of fused-ring (bicyclic) bond motifs is 2. The molecule has 0 radical (unpaired) electrons. The van der Waals surface area contributed by atoms with E-state index in [-0.39, 0.29) is 11.8 Å². The molecule has 1 aliphatic heterocycles. The van der Waals surface area contributed by atoms with Gasteiger partial charge < -0.3 is 19.9 Å². The van der Waals surface area contributed by atoms with E-state index in [1.165, 1.54) is 11.1 Å². The van der Waals surface area contributed by atoms with E-state index in [9.17, 15) is 5.11 Å². The molecule has 3 aromatic rings. The minimum absolute atomic E-state index is 0.215. The van der Waals surface area contributed by atoms with Gasteiger partial charge in [-0.25, -0.2) is 0 Å². The summed E-state index contributed by atoms with van der Waals surface area (Å²) < 4.78 is 11.5. The zero-order valence-electron chi connectivity index (χ0n) is 17.1.